The monoisotopic (exact) mass is 349 g/mol. The van der Waals surface area contributed by atoms with Crippen molar-refractivity contribution in [1.29, 1.82) is 0 Å². The zero-order valence-electron chi connectivity index (χ0n) is 10.5. The van der Waals surface area contributed by atoms with Crippen molar-refractivity contribution in [3.8, 4) is 0 Å². The number of hydrogen-bond donors (Lipinski definition) is 2. The highest BCUT2D eigenvalue weighted by Crippen LogP contribution is 2.26. The van der Waals surface area contributed by atoms with Crippen molar-refractivity contribution in [2.24, 2.45) is 10.9 Å². The fourth-order valence-corrected chi connectivity index (χ4v) is 3.62. The Morgan fingerprint density at radius 1 is 1.35 bits per heavy atom. The molecule has 0 atom stereocenters. The summed E-state index contributed by atoms with van der Waals surface area (Å²) in [4.78, 5) is 1.28. The van der Waals surface area contributed by atoms with Crippen LogP contribution in [0.5, 0.6) is 0 Å². The molecule has 0 fully saturated rings. The molecule has 2 aromatic heterocycles. The van der Waals surface area contributed by atoms with E-state index in [4.69, 9.17) is 10.9 Å². The van der Waals surface area contributed by atoms with Gasteiger partial charge in [0.15, 0.2) is 5.84 Å². The number of rotatable bonds is 3. The van der Waals surface area contributed by atoms with E-state index in [-0.39, 0.29) is 5.84 Å². The normalized spacial score (nSPS) is 12.2. The molecule has 0 radical (unpaired) electrons. The van der Waals surface area contributed by atoms with Crippen LogP contribution >= 0.6 is 27.3 Å². The number of oxime groups is 1. The van der Waals surface area contributed by atoms with Crippen molar-refractivity contribution in [2.45, 2.75) is 6.54 Å². The Morgan fingerprint density at radius 3 is 2.90 bits per heavy atom. The van der Waals surface area contributed by atoms with E-state index in [9.17, 15) is 0 Å². The predicted octanol–water partition coefficient (Wildman–Crippen LogP) is 3.61. The van der Waals surface area contributed by atoms with Gasteiger partial charge in [0.1, 0.15) is 0 Å². The average molecular weight is 350 g/mol. The number of hydrogen-bond acceptors (Lipinski definition) is 3. The number of halogens is 1. The Labute approximate surface area is 128 Å². The Kier molecular flexibility index (Phi) is 3.50. The Bertz CT molecular complexity index is 791. The molecule has 0 aliphatic rings. The predicted molar refractivity (Wildman–Crippen MR) is 85.6 cm³/mol. The molecule has 102 valence electrons. The van der Waals surface area contributed by atoms with Gasteiger partial charge in [0.25, 0.3) is 0 Å². The van der Waals surface area contributed by atoms with Gasteiger partial charge in [0.05, 0.1) is 6.54 Å². The average Bonchev–Trinajstić information content (AvgIpc) is 3.05. The zero-order chi connectivity index (χ0) is 14.1. The molecule has 0 unspecified atom stereocenters. The molecule has 4 nitrogen and oxygen atoms in total. The minimum absolute atomic E-state index is 0.126. The van der Waals surface area contributed by atoms with Crippen molar-refractivity contribution in [1.82, 2.24) is 4.57 Å². The van der Waals surface area contributed by atoms with Crippen LogP contribution in [0, 0.1) is 0 Å². The van der Waals surface area contributed by atoms with Crippen LogP contribution in [0.1, 0.15) is 10.4 Å². The molecule has 0 amide bonds. The van der Waals surface area contributed by atoms with Crippen LogP contribution in [0.2, 0.25) is 0 Å². The fourth-order valence-electron chi connectivity index (χ4n) is 2.15. The Balaban J connectivity index is 2.00. The molecule has 0 saturated carbocycles. The van der Waals surface area contributed by atoms with Gasteiger partial charge in [0.2, 0.25) is 0 Å². The topological polar surface area (TPSA) is 63.5 Å². The second-order valence-electron chi connectivity index (χ2n) is 4.39. The third-order valence-electron chi connectivity index (χ3n) is 3.18. The molecule has 2 heterocycles. The summed E-state index contributed by atoms with van der Waals surface area (Å²) >= 11 is 5.28. The van der Waals surface area contributed by atoms with Gasteiger partial charge in [-0.2, -0.15) is 0 Å². The smallest absolute Gasteiger partial charge is 0.170 e. The van der Waals surface area contributed by atoms with Crippen LogP contribution in [0.15, 0.2) is 51.5 Å². The van der Waals surface area contributed by atoms with Gasteiger partial charge in [-0.25, -0.2) is 0 Å². The minimum atomic E-state index is 0.126. The highest BCUT2D eigenvalue weighted by molar-refractivity contribution is 9.10. The SMILES string of the molecule is N/C(=N/O)c1ccc2c(ccn2Cc2sccc2Br)c1. The minimum Gasteiger partial charge on any atom is -0.409 e. The molecular weight excluding hydrogens is 338 g/mol. The third kappa shape index (κ3) is 2.32. The lowest BCUT2D eigenvalue weighted by Gasteiger charge is -2.05. The molecule has 0 aliphatic heterocycles. The molecule has 0 spiro atoms. The lowest BCUT2D eigenvalue weighted by molar-refractivity contribution is 0.318. The van der Waals surface area contributed by atoms with Crippen LogP contribution < -0.4 is 5.73 Å². The molecule has 3 aromatic rings. The van der Waals surface area contributed by atoms with E-state index in [1.165, 1.54) is 4.88 Å². The van der Waals surface area contributed by atoms with E-state index in [0.717, 1.165) is 27.5 Å². The molecule has 3 N–H and O–H groups in total. The highest BCUT2D eigenvalue weighted by Gasteiger charge is 2.07. The summed E-state index contributed by atoms with van der Waals surface area (Å²) in [6.07, 6.45) is 2.05. The standard InChI is InChI=1S/C14H12BrN3OS/c15-11-4-6-20-13(11)8-18-5-3-9-7-10(14(16)17-19)1-2-12(9)18/h1-7,19H,8H2,(H2,16,17). The van der Waals surface area contributed by atoms with E-state index in [1.54, 1.807) is 11.3 Å². The van der Waals surface area contributed by atoms with Crippen molar-refractivity contribution in [3.05, 3.63) is 56.8 Å². The fraction of sp³-hybridized carbons (Fsp3) is 0.0714. The summed E-state index contributed by atoms with van der Waals surface area (Å²) in [5.74, 6) is 0.126. The molecule has 20 heavy (non-hydrogen) atoms. The van der Waals surface area contributed by atoms with E-state index in [1.807, 2.05) is 30.5 Å². The number of thiophene rings is 1. The van der Waals surface area contributed by atoms with E-state index < -0.39 is 0 Å². The highest BCUT2D eigenvalue weighted by atomic mass is 79.9. The van der Waals surface area contributed by atoms with Crippen LogP contribution in [0.4, 0.5) is 0 Å². The molecule has 0 aliphatic carbocycles. The number of benzene rings is 1. The van der Waals surface area contributed by atoms with Gasteiger partial charge in [-0.15, -0.1) is 11.3 Å². The van der Waals surface area contributed by atoms with Gasteiger partial charge in [-0.05, 0) is 51.6 Å². The maximum atomic E-state index is 8.72. The number of nitrogens with zero attached hydrogens (tertiary/aromatic N) is 2. The van der Waals surface area contributed by atoms with Crippen LogP contribution in [-0.4, -0.2) is 15.6 Å². The molecular formula is C14H12BrN3OS. The molecule has 1 aromatic carbocycles. The molecule has 0 saturated heterocycles. The summed E-state index contributed by atoms with van der Waals surface area (Å²) in [7, 11) is 0. The first kappa shape index (κ1) is 13.2. The number of aromatic nitrogens is 1. The first-order chi connectivity index (χ1) is 9.69. The summed E-state index contributed by atoms with van der Waals surface area (Å²) in [5, 5.41) is 14.9. The molecule has 3 rings (SSSR count). The van der Waals surface area contributed by atoms with Gasteiger partial charge in [-0.3, -0.25) is 0 Å². The van der Waals surface area contributed by atoms with Crippen molar-refractivity contribution >= 4 is 44.0 Å². The number of fused-ring (bicyclic) bond motifs is 1. The van der Waals surface area contributed by atoms with Crippen LogP contribution in [-0.2, 0) is 6.54 Å². The summed E-state index contributed by atoms with van der Waals surface area (Å²) in [6.45, 7) is 0.824. The summed E-state index contributed by atoms with van der Waals surface area (Å²) in [5.41, 5.74) is 7.45. The van der Waals surface area contributed by atoms with E-state index in [0.29, 0.717) is 0 Å². The van der Waals surface area contributed by atoms with Gasteiger partial charge >= 0.3 is 0 Å². The molecule has 6 heteroatoms. The van der Waals surface area contributed by atoms with Gasteiger partial charge in [0, 0.05) is 32.0 Å². The molecule has 0 bridgehead atoms. The van der Waals surface area contributed by atoms with Crippen molar-refractivity contribution < 1.29 is 5.21 Å². The second kappa shape index (κ2) is 5.30. The Morgan fingerprint density at radius 2 is 2.20 bits per heavy atom. The maximum absolute atomic E-state index is 8.72. The van der Waals surface area contributed by atoms with E-state index in [2.05, 4.69) is 37.1 Å². The number of amidine groups is 1. The Hall–Kier alpha value is -1.79. The summed E-state index contributed by atoms with van der Waals surface area (Å²) < 4.78 is 3.32. The number of nitrogens with two attached hydrogens (primary N) is 1. The lowest BCUT2D eigenvalue weighted by atomic mass is 10.1. The quantitative estimate of drug-likeness (QED) is 0.328. The maximum Gasteiger partial charge on any atom is 0.170 e. The van der Waals surface area contributed by atoms with Gasteiger partial charge < -0.3 is 15.5 Å². The van der Waals surface area contributed by atoms with E-state index >= 15 is 0 Å². The van der Waals surface area contributed by atoms with Gasteiger partial charge in [-0.1, -0.05) is 5.16 Å². The second-order valence-corrected chi connectivity index (χ2v) is 6.25. The van der Waals surface area contributed by atoms with Crippen LogP contribution in [0.25, 0.3) is 10.9 Å². The van der Waals surface area contributed by atoms with Crippen molar-refractivity contribution in [2.75, 3.05) is 0 Å². The largest absolute Gasteiger partial charge is 0.409 e. The van der Waals surface area contributed by atoms with Crippen LogP contribution in [0.3, 0.4) is 0 Å². The first-order valence-electron chi connectivity index (χ1n) is 5.97. The first-order valence-corrected chi connectivity index (χ1v) is 7.65. The third-order valence-corrected chi connectivity index (χ3v) is 5.09. The summed E-state index contributed by atoms with van der Waals surface area (Å²) in [6, 6.07) is 9.86. The zero-order valence-corrected chi connectivity index (χ0v) is 12.9. The van der Waals surface area contributed by atoms with Crippen molar-refractivity contribution in [3.63, 3.8) is 0 Å². The lowest BCUT2D eigenvalue weighted by Crippen LogP contribution is -2.12.